The Bertz CT molecular complexity index is 489. The molecule has 0 spiro atoms. The maximum atomic E-state index is 14.5. The molecule has 1 aliphatic carbocycles. The van der Waals surface area contributed by atoms with Crippen LogP contribution >= 0.6 is 15.9 Å². The Morgan fingerprint density at radius 3 is 2.57 bits per heavy atom. The van der Waals surface area contributed by atoms with Gasteiger partial charge in [0.2, 0.25) is 0 Å². The minimum atomic E-state index is -0.535. The first-order valence-corrected chi connectivity index (χ1v) is 8.27. The molecule has 1 aliphatic rings. The van der Waals surface area contributed by atoms with Crippen molar-refractivity contribution in [3.63, 3.8) is 0 Å². The molecule has 0 saturated heterocycles. The van der Waals surface area contributed by atoms with Gasteiger partial charge in [-0.15, -0.1) is 0 Å². The van der Waals surface area contributed by atoms with Crippen LogP contribution in [0.4, 0.5) is 8.78 Å². The van der Waals surface area contributed by atoms with Gasteiger partial charge in [0.1, 0.15) is 11.6 Å². The van der Waals surface area contributed by atoms with Gasteiger partial charge in [0.25, 0.3) is 0 Å². The predicted molar refractivity (Wildman–Crippen MR) is 83.3 cm³/mol. The van der Waals surface area contributed by atoms with E-state index in [1.54, 1.807) is 7.11 Å². The molecule has 2 rings (SSSR count). The number of rotatable bonds is 6. The highest BCUT2D eigenvalue weighted by Gasteiger charge is 2.44. The summed E-state index contributed by atoms with van der Waals surface area (Å²) in [5.74, 6) is -1.06. The third-order valence-electron chi connectivity index (χ3n) is 4.35. The van der Waals surface area contributed by atoms with Crippen LogP contribution in [0, 0.1) is 11.6 Å². The third-order valence-corrected chi connectivity index (χ3v) is 4.96. The van der Waals surface area contributed by atoms with Crippen LogP contribution in [0.3, 0.4) is 0 Å². The Hall–Kier alpha value is -0.520. The fraction of sp³-hybridized carbons (Fsp3) is 0.625. The van der Waals surface area contributed by atoms with Crippen LogP contribution in [0.2, 0.25) is 0 Å². The van der Waals surface area contributed by atoms with Crippen LogP contribution in [0.5, 0.6) is 0 Å². The normalized spacial score (nSPS) is 18.9. The van der Waals surface area contributed by atoms with Gasteiger partial charge in [-0.3, -0.25) is 0 Å². The first-order chi connectivity index (χ1) is 10.1. The first kappa shape index (κ1) is 16.8. The zero-order valence-corrected chi connectivity index (χ0v) is 14.1. The maximum Gasteiger partial charge on any atom is 0.145 e. The molecule has 2 nitrogen and oxygen atoms in total. The van der Waals surface area contributed by atoms with Crippen LogP contribution in [0.15, 0.2) is 16.6 Å². The summed E-state index contributed by atoms with van der Waals surface area (Å²) < 4.78 is 34.9. The van der Waals surface area contributed by atoms with Crippen molar-refractivity contribution in [1.29, 1.82) is 0 Å². The zero-order chi connectivity index (χ0) is 15.5. The van der Waals surface area contributed by atoms with Crippen molar-refractivity contribution < 1.29 is 13.5 Å². The lowest BCUT2D eigenvalue weighted by Gasteiger charge is -2.37. The van der Waals surface area contributed by atoms with E-state index in [1.165, 1.54) is 12.1 Å². The second-order valence-corrected chi connectivity index (χ2v) is 6.47. The molecule has 1 unspecified atom stereocenters. The Labute approximate surface area is 133 Å². The van der Waals surface area contributed by atoms with Gasteiger partial charge in [0.05, 0.1) is 16.1 Å². The molecule has 1 N–H and O–H groups in total. The maximum absolute atomic E-state index is 14.5. The Morgan fingerprint density at radius 2 is 2.00 bits per heavy atom. The molecule has 1 atom stereocenters. The molecule has 0 radical (unpaired) electrons. The van der Waals surface area contributed by atoms with Crippen LogP contribution in [0.25, 0.3) is 0 Å². The third kappa shape index (κ3) is 3.30. The predicted octanol–water partition coefficient (Wildman–Crippen LogP) is 4.73. The molecule has 1 saturated carbocycles. The second kappa shape index (κ2) is 7.16. The van der Waals surface area contributed by atoms with Gasteiger partial charge in [-0.1, -0.05) is 19.8 Å². The summed E-state index contributed by atoms with van der Waals surface area (Å²) in [5, 5.41) is 3.30. The van der Waals surface area contributed by atoms with Crippen molar-refractivity contribution in [2.75, 3.05) is 13.7 Å². The van der Waals surface area contributed by atoms with Gasteiger partial charge in [0.15, 0.2) is 0 Å². The molecule has 0 bridgehead atoms. The van der Waals surface area contributed by atoms with Crippen molar-refractivity contribution in [3.05, 3.63) is 33.8 Å². The summed E-state index contributed by atoms with van der Waals surface area (Å²) in [6.07, 6.45) is 4.57. The monoisotopic (exact) mass is 361 g/mol. The molecule has 0 aliphatic heterocycles. The summed E-state index contributed by atoms with van der Waals surface area (Å²) in [6.45, 7) is 2.73. The fourth-order valence-electron chi connectivity index (χ4n) is 3.23. The topological polar surface area (TPSA) is 21.3 Å². The average Bonchev–Trinajstić information content (AvgIpc) is 2.96. The van der Waals surface area contributed by atoms with Crippen molar-refractivity contribution in [1.82, 2.24) is 5.32 Å². The lowest BCUT2D eigenvalue weighted by Crippen LogP contribution is -2.44. The van der Waals surface area contributed by atoms with Gasteiger partial charge in [-0.25, -0.2) is 8.78 Å². The zero-order valence-electron chi connectivity index (χ0n) is 12.5. The standard InChI is InChI=1S/C16H22BrF2NO/c1-3-10-20-15(16(21-2)8-4-5-9-16)13-12(18)7-6-11(17)14(13)19/h6-7,15,20H,3-5,8-10H2,1-2H3. The van der Waals surface area contributed by atoms with E-state index in [9.17, 15) is 8.78 Å². The number of nitrogens with one attached hydrogen (secondary N) is 1. The quantitative estimate of drug-likeness (QED) is 0.739. The van der Waals surface area contributed by atoms with Crippen molar-refractivity contribution in [2.24, 2.45) is 0 Å². The highest BCUT2D eigenvalue weighted by molar-refractivity contribution is 9.10. The molecular weight excluding hydrogens is 340 g/mol. The van der Waals surface area contributed by atoms with Crippen LogP contribution in [-0.4, -0.2) is 19.3 Å². The van der Waals surface area contributed by atoms with E-state index in [-0.39, 0.29) is 10.0 Å². The van der Waals surface area contributed by atoms with Crippen LogP contribution in [-0.2, 0) is 4.74 Å². The van der Waals surface area contributed by atoms with Crippen molar-refractivity contribution in [2.45, 2.75) is 50.7 Å². The average molecular weight is 362 g/mol. The van der Waals surface area contributed by atoms with E-state index in [2.05, 4.69) is 21.2 Å². The van der Waals surface area contributed by atoms with E-state index >= 15 is 0 Å². The lowest BCUT2D eigenvalue weighted by atomic mass is 9.86. The number of hydrogen-bond acceptors (Lipinski definition) is 2. The molecule has 0 aromatic heterocycles. The van der Waals surface area contributed by atoms with E-state index < -0.39 is 23.3 Å². The fourth-order valence-corrected chi connectivity index (χ4v) is 3.58. The number of methoxy groups -OCH3 is 1. The summed E-state index contributed by atoms with van der Waals surface area (Å²) in [5.41, 5.74) is -0.445. The second-order valence-electron chi connectivity index (χ2n) is 5.62. The van der Waals surface area contributed by atoms with Crippen LogP contribution < -0.4 is 5.32 Å². The summed E-state index contributed by atoms with van der Waals surface area (Å²) in [4.78, 5) is 0. The molecule has 0 amide bonds. The van der Waals surface area contributed by atoms with Crippen LogP contribution in [0.1, 0.15) is 50.6 Å². The lowest BCUT2D eigenvalue weighted by molar-refractivity contribution is -0.0385. The highest BCUT2D eigenvalue weighted by atomic mass is 79.9. The minimum absolute atomic E-state index is 0.0848. The van der Waals surface area contributed by atoms with E-state index in [0.717, 1.165) is 32.1 Å². The molecule has 1 aromatic carbocycles. The number of halogens is 3. The molecule has 1 aromatic rings. The van der Waals surface area contributed by atoms with Crippen molar-refractivity contribution in [3.8, 4) is 0 Å². The molecule has 118 valence electrons. The van der Waals surface area contributed by atoms with E-state index in [0.29, 0.717) is 6.54 Å². The molecular formula is C16H22BrF2NO. The molecule has 21 heavy (non-hydrogen) atoms. The summed E-state index contributed by atoms with van der Waals surface area (Å²) >= 11 is 3.15. The SMILES string of the molecule is CCCNC(c1c(F)ccc(Br)c1F)C1(OC)CCCC1. The van der Waals surface area contributed by atoms with Gasteiger partial charge in [-0.05, 0) is 53.9 Å². The highest BCUT2D eigenvalue weighted by Crippen LogP contribution is 2.44. The minimum Gasteiger partial charge on any atom is -0.376 e. The van der Waals surface area contributed by atoms with Gasteiger partial charge in [-0.2, -0.15) is 0 Å². The Morgan fingerprint density at radius 1 is 1.33 bits per heavy atom. The smallest absolute Gasteiger partial charge is 0.145 e. The van der Waals surface area contributed by atoms with Crippen molar-refractivity contribution >= 4 is 15.9 Å². The Kier molecular flexibility index (Phi) is 5.74. The first-order valence-electron chi connectivity index (χ1n) is 7.47. The van der Waals surface area contributed by atoms with Gasteiger partial charge < -0.3 is 10.1 Å². The molecule has 1 fully saturated rings. The molecule has 5 heteroatoms. The van der Waals surface area contributed by atoms with E-state index in [1.807, 2.05) is 6.92 Å². The number of hydrogen-bond donors (Lipinski definition) is 1. The number of benzene rings is 1. The number of ether oxygens (including phenoxy) is 1. The summed E-state index contributed by atoms with van der Waals surface area (Å²) in [7, 11) is 1.64. The summed E-state index contributed by atoms with van der Waals surface area (Å²) in [6, 6.07) is 2.24. The molecule has 0 heterocycles. The van der Waals surface area contributed by atoms with E-state index in [4.69, 9.17) is 4.74 Å². The van der Waals surface area contributed by atoms with Gasteiger partial charge >= 0.3 is 0 Å². The Balaban J connectivity index is 2.47. The van der Waals surface area contributed by atoms with Gasteiger partial charge in [0, 0.05) is 12.7 Å². The largest absolute Gasteiger partial charge is 0.376 e.